The van der Waals surface area contributed by atoms with E-state index in [1.807, 2.05) is 51.1 Å². The molecule has 5 atom stereocenters. The van der Waals surface area contributed by atoms with Gasteiger partial charge in [-0.2, -0.15) is 0 Å². The van der Waals surface area contributed by atoms with E-state index in [2.05, 4.69) is 13.0 Å². The summed E-state index contributed by atoms with van der Waals surface area (Å²) >= 11 is 0. The third kappa shape index (κ3) is 8.58. The summed E-state index contributed by atoms with van der Waals surface area (Å²) in [5, 5.41) is 10.7. The van der Waals surface area contributed by atoms with Gasteiger partial charge in [0.2, 0.25) is 0 Å². The average molecular weight is 421 g/mol. The highest BCUT2D eigenvalue weighted by atomic mass is 16.5. The zero-order valence-corrected chi connectivity index (χ0v) is 19.5. The van der Waals surface area contributed by atoms with Gasteiger partial charge in [0.15, 0.2) is 0 Å². The molecule has 1 aromatic rings. The quantitative estimate of drug-likeness (QED) is 0.413. The largest absolute Gasteiger partial charge is 0.497 e. The molecule has 0 aromatic heterocycles. The monoisotopic (exact) mass is 420 g/mol. The number of hydrogen-bond acceptors (Lipinski definition) is 5. The molecule has 0 aliphatic heterocycles. The number of allylic oxidation sites excluding steroid dienone is 2. The molecular weight excluding hydrogens is 380 g/mol. The highest BCUT2D eigenvalue weighted by Gasteiger charge is 2.31. The molecule has 1 N–H and O–H groups in total. The van der Waals surface area contributed by atoms with Gasteiger partial charge >= 0.3 is 0 Å². The van der Waals surface area contributed by atoms with E-state index >= 15 is 0 Å². The number of rotatable bonds is 15. The molecule has 0 radical (unpaired) electrons. The Labute approximate surface area is 182 Å². The first-order valence-electron chi connectivity index (χ1n) is 10.9. The lowest BCUT2D eigenvalue weighted by molar-refractivity contribution is -0.129. The molecule has 0 heterocycles. The number of ether oxygens (including phenoxy) is 3. The second kappa shape index (κ2) is 14.3. The smallest absolute Gasteiger partial charge is 0.140 e. The van der Waals surface area contributed by atoms with Crippen molar-refractivity contribution in [3.05, 3.63) is 42.0 Å². The molecule has 0 bridgehead atoms. The van der Waals surface area contributed by atoms with Crippen LogP contribution in [0.25, 0.3) is 0 Å². The zero-order chi connectivity index (χ0) is 22.5. The minimum atomic E-state index is -0.730. The van der Waals surface area contributed by atoms with Crippen molar-refractivity contribution in [2.24, 2.45) is 17.8 Å². The second-order valence-electron chi connectivity index (χ2n) is 8.05. The van der Waals surface area contributed by atoms with Crippen molar-refractivity contribution in [1.29, 1.82) is 0 Å². The Bertz CT molecular complexity index is 625. The van der Waals surface area contributed by atoms with E-state index in [0.29, 0.717) is 19.6 Å². The number of methoxy groups -OCH3 is 2. The van der Waals surface area contributed by atoms with Crippen LogP contribution in [-0.2, 0) is 20.9 Å². The molecule has 30 heavy (non-hydrogen) atoms. The summed E-state index contributed by atoms with van der Waals surface area (Å²) < 4.78 is 16.6. The van der Waals surface area contributed by atoms with Crippen molar-refractivity contribution in [2.75, 3.05) is 20.8 Å². The molecule has 0 fully saturated rings. The fraction of sp³-hybridized carbons (Fsp3) is 0.640. The van der Waals surface area contributed by atoms with E-state index in [1.54, 1.807) is 14.2 Å². The number of aliphatic hydroxyl groups is 1. The van der Waals surface area contributed by atoms with Gasteiger partial charge in [0, 0.05) is 25.4 Å². The number of Topliss-reactive ketones (excluding diaryl/α,β-unsaturated/α-hetero) is 1. The van der Waals surface area contributed by atoms with Crippen molar-refractivity contribution in [1.82, 2.24) is 0 Å². The summed E-state index contributed by atoms with van der Waals surface area (Å²) in [7, 11) is 3.31. The first-order valence-corrected chi connectivity index (χ1v) is 10.9. The summed E-state index contributed by atoms with van der Waals surface area (Å²) in [6.45, 7) is 8.84. The Hall–Kier alpha value is -1.69. The predicted octanol–water partition coefficient (Wildman–Crippen LogP) is 4.81. The molecule has 0 unspecified atom stereocenters. The SMILES string of the molecule is C/C=C/C[C@H](C)[C@@H](OC)[C@@H](C)[C@H](O)CC(=O)[C@H](CC)COCc1ccc(OC)cc1. The van der Waals surface area contributed by atoms with Crippen LogP contribution in [0, 0.1) is 17.8 Å². The van der Waals surface area contributed by atoms with E-state index < -0.39 is 6.10 Å². The Morgan fingerprint density at radius 3 is 2.37 bits per heavy atom. The fourth-order valence-corrected chi connectivity index (χ4v) is 3.71. The fourth-order valence-electron chi connectivity index (χ4n) is 3.71. The molecule has 0 amide bonds. The van der Waals surface area contributed by atoms with Crippen LogP contribution in [-0.4, -0.2) is 43.9 Å². The summed E-state index contributed by atoms with van der Waals surface area (Å²) in [6.07, 6.45) is 4.99. The Kier molecular flexibility index (Phi) is 12.6. The van der Waals surface area contributed by atoms with E-state index in [-0.39, 0.29) is 36.1 Å². The molecule has 1 aromatic carbocycles. The molecule has 170 valence electrons. The minimum Gasteiger partial charge on any atom is -0.497 e. The first-order chi connectivity index (χ1) is 14.4. The number of ketones is 1. The van der Waals surface area contributed by atoms with Gasteiger partial charge in [0.1, 0.15) is 11.5 Å². The van der Waals surface area contributed by atoms with Crippen LogP contribution in [0.1, 0.15) is 52.5 Å². The number of benzene rings is 1. The van der Waals surface area contributed by atoms with Crippen LogP contribution in [0.2, 0.25) is 0 Å². The topological polar surface area (TPSA) is 65.0 Å². The summed E-state index contributed by atoms with van der Waals surface area (Å²) in [4.78, 5) is 12.8. The molecule has 0 saturated carbocycles. The summed E-state index contributed by atoms with van der Waals surface area (Å²) in [5.74, 6) is 0.768. The lowest BCUT2D eigenvalue weighted by Crippen LogP contribution is -2.37. The van der Waals surface area contributed by atoms with Crippen molar-refractivity contribution in [3.8, 4) is 5.75 Å². The maximum atomic E-state index is 12.8. The van der Waals surface area contributed by atoms with Gasteiger partial charge in [-0.05, 0) is 43.4 Å². The Morgan fingerprint density at radius 1 is 1.17 bits per heavy atom. The predicted molar refractivity (Wildman–Crippen MR) is 121 cm³/mol. The Morgan fingerprint density at radius 2 is 1.83 bits per heavy atom. The van der Waals surface area contributed by atoms with Gasteiger partial charge in [-0.25, -0.2) is 0 Å². The van der Waals surface area contributed by atoms with Gasteiger partial charge < -0.3 is 19.3 Å². The number of carbonyl (C=O) groups excluding carboxylic acids is 1. The third-order valence-corrected chi connectivity index (χ3v) is 5.81. The molecule has 0 saturated heterocycles. The molecular formula is C25H40O5. The van der Waals surface area contributed by atoms with Crippen molar-refractivity contribution in [2.45, 2.75) is 65.8 Å². The maximum Gasteiger partial charge on any atom is 0.140 e. The molecule has 0 spiro atoms. The maximum absolute atomic E-state index is 12.8. The summed E-state index contributed by atoms with van der Waals surface area (Å²) in [5.41, 5.74) is 1.03. The lowest BCUT2D eigenvalue weighted by atomic mass is 9.84. The molecule has 0 aliphatic carbocycles. The van der Waals surface area contributed by atoms with Crippen LogP contribution < -0.4 is 4.74 Å². The van der Waals surface area contributed by atoms with Gasteiger partial charge in [0.25, 0.3) is 0 Å². The first kappa shape index (κ1) is 26.3. The highest BCUT2D eigenvalue weighted by molar-refractivity contribution is 5.81. The van der Waals surface area contributed by atoms with E-state index in [4.69, 9.17) is 14.2 Å². The van der Waals surface area contributed by atoms with Gasteiger partial charge in [0.05, 0.1) is 32.5 Å². The molecule has 0 aliphatic rings. The summed E-state index contributed by atoms with van der Waals surface area (Å²) in [6, 6.07) is 7.68. The van der Waals surface area contributed by atoms with E-state index in [9.17, 15) is 9.90 Å². The normalized spacial score (nSPS) is 16.8. The number of aliphatic hydroxyl groups excluding tert-OH is 1. The lowest BCUT2D eigenvalue weighted by Gasteiger charge is -2.31. The second-order valence-corrected chi connectivity index (χ2v) is 8.05. The van der Waals surface area contributed by atoms with Crippen molar-refractivity contribution < 1.29 is 24.1 Å². The van der Waals surface area contributed by atoms with E-state index in [1.165, 1.54) is 0 Å². The van der Waals surface area contributed by atoms with Gasteiger partial charge in [-0.3, -0.25) is 4.79 Å². The standard InChI is InChI=1S/C25H40O5/c1-7-9-10-18(3)25(29-6)19(4)23(26)15-24(27)21(8-2)17-30-16-20-11-13-22(28-5)14-12-20/h7,9,11-14,18-19,21,23,25-26H,8,10,15-17H2,1-6H3/b9-7+/t18-,19-,21+,23+,25+/m0/s1. The van der Waals surface area contributed by atoms with Crippen LogP contribution >= 0.6 is 0 Å². The molecule has 5 heteroatoms. The Balaban J connectivity index is 2.55. The average Bonchev–Trinajstić information content (AvgIpc) is 2.75. The minimum absolute atomic E-state index is 0.0440. The molecule has 5 nitrogen and oxygen atoms in total. The van der Waals surface area contributed by atoms with Crippen LogP contribution in [0.4, 0.5) is 0 Å². The zero-order valence-electron chi connectivity index (χ0n) is 19.5. The number of hydrogen-bond donors (Lipinski definition) is 1. The molecule has 1 rings (SSSR count). The van der Waals surface area contributed by atoms with Crippen molar-refractivity contribution in [3.63, 3.8) is 0 Å². The van der Waals surface area contributed by atoms with Crippen molar-refractivity contribution >= 4 is 5.78 Å². The van der Waals surface area contributed by atoms with Gasteiger partial charge in [-0.1, -0.05) is 45.1 Å². The van der Waals surface area contributed by atoms with E-state index in [0.717, 1.165) is 17.7 Å². The van der Waals surface area contributed by atoms with Crippen LogP contribution in [0.3, 0.4) is 0 Å². The highest BCUT2D eigenvalue weighted by Crippen LogP contribution is 2.25. The van der Waals surface area contributed by atoms with Crippen LogP contribution in [0.15, 0.2) is 36.4 Å². The van der Waals surface area contributed by atoms with Gasteiger partial charge in [-0.15, -0.1) is 0 Å². The van der Waals surface area contributed by atoms with Crippen LogP contribution in [0.5, 0.6) is 5.75 Å². The number of carbonyl (C=O) groups is 1. The third-order valence-electron chi connectivity index (χ3n) is 5.81.